The number of nitrogens with zero attached hydrogens (tertiary/aromatic N) is 4. The van der Waals surface area contributed by atoms with Crippen LogP contribution in [0.15, 0.2) is 47.1 Å². The summed E-state index contributed by atoms with van der Waals surface area (Å²) in [4.78, 5) is 25.2. The van der Waals surface area contributed by atoms with Crippen molar-refractivity contribution in [1.29, 1.82) is 0 Å². The number of alkyl halides is 1. The lowest BCUT2D eigenvalue weighted by Crippen LogP contribution is -2.71. The van der Waals surface area contributed by atoms with E-state index in [-0.39, 0.29) is 22.6 Å². The molecule has 10 rings (SSSR count). The van der Waals surface area contributed by atoms with E-state index < -0.39 is 21.1 Å². The minimum atomic E-state index is -3.43. The maximum atomic E-state index is 14.6. The summed E-state index contributed by atoms with van der Waals surface area (Å²) >= 11 is 0. The Labute approximate surface area is 250 Å². The van der Waals surface area contributed by atoms with Crippen LogP contribution in [0.2, 0.25) is 0 Å². The molecule has 1 amide bonds. The largest absolute Gasteiger partial charge is 0.339 e. The molecule has 0 radical (unpaired) electrons. The summed E-state index contributed by atoms with van der Waals surface area (Å²) in [5.74, 6) is 2.42. The minimum Gasteiger partial charge on any atom is -0.339 e. The molecule has 1 aromatic carbocycles. The van der Waals surface area contributed by atoms with Gasteiger partial charge in [-0.05, 0) is 106 Å². The molecule has 0 unspecified atom stereocenters. The van der Waals surface area contributed by atoms with Crippen molar-refractivity contribution >= 4 is 27.4 Å². The van der Waals surface area contributed by atoms with Crippen LogP contribution in [0.25, 0.3) is 11.1 Å². The number of amides is 1. The van der Waals surface area contributed by atoms with Crippen molar-refractivity contribution in [2.75, 3.05) is 22.4 Å². The van der Waals surface area contributed by atoms with Crippen LogP contribution >= 0.6 is 0 Å². The van der Waals surface area contributed by atoms with E-state index in [2.05, 4.69) is 14.9 Å². The molecule has 9 nitrogen and oxygen atoms in total. The highest BCUT2D eigenvalue weighted by Gasteiger charge is 2.73. The zero-order valence-corrected chi connectivity index (χ0v) is 25.1. The van der Waals surface area contributed by atoms with E-state index in [1.54, 1.807) is 12.3 Å². The van der Waals surface area contributed by atoms with E-state index in [4.69, 9.17) is 9.51 Å². The Bertz CT molecular complexity index is 1670. The molecule has 7 aliphatic carbocycles. The van der Waals surface area contributed by atoms with Gasteiger partial charge in [0.25, 0.3) is 0 Å². The van der Waals surface area contributed by atoms with Gasteiger partial charge in [-0.15, -0.1) is 0 Å². The van der Waals surface area contributed by atoms with E-state index in [9.17, 15) is 17.6 Å². The lowest BCUT2D eigenvalue weighted by atomic mass is 9.41. The zero-order valence-electron chi connectivity index (χ0n) is 24.3. The molecule has 1 N–H and O–H groups in total. The number of sulfonamides is 1. The maximum absolute atomic E-state index is 14.6. The fraction of sp³-hybridized carbons (Fsp3) is 0.562. The highest BCUT2D eigenvalue weighted by atomic mass is 32.2. The van der Waals surface area contributed by atoms with Crippen LogP contribution in [-0.4, -0.2) is 47.9 Å². The average molecular weight is 606 g/mol. The normalized spacial score (nSPS) is 32.5. The van der Waals surface area contributed by atoms with Gasteiger partial charge in [-0.25, -0.2) is 17.8 Å². The third-order valence-electron chi connectivity index (χ3n) is 10.9. The third kappa shape index (κ3) is 4.65. The van der Waals surface area contributed by atoms with Crippen molar-refractivity contribution < 1.29 is 22.1 Å². The fourth-order valence-electron chi connectivity index (χ4n) is 8.24. The van der Waals surface area contributed by atoms with Crippen LogP contribution in [0.5, 0.6) is 0 Å². The van der Waals surface area contributed by atoms with Crippen molar-refractivity contribution in [3.8, 4) is 11.1 Å². The first-order valence-corrected chi connectivity index (χ1v) is 17.3. The molecule has 2 heterocycles. The lowest BCUT2D eigenvalue weighted by Gasteiger charge is -2.65. The summed E-state index contributed by atoms with van der Waals surface area (Å²) in [5, 5.41) is 4.29. The number of hydrogen-bond acceptors (Lipinski definition) is 7. The first kappa shape index (κ1) is 27.2. The quantitative estimate of drug-likeness (QED) is 0.323. The minimum absolute atomic E-state index is 0.00971. The molecule has 0 atom stereocenters. The molecule has 0 spiro atoms. The summed E-state index contributed by atoms with van der Waals surface area (Å²) in [6.07, 6.45) is 11.8. The average Bonchev–Trinajstić information content (AvgIpc) is 3.69. The van der Waals surface area contributed by atoms with Gasteiger partial charge in [0.1, 0.15) is 11.5 Å². The van der Waals surface area contributed by atoms with Gasteiger partial charge in [-0.1, -0.05) is 17.3 Å². The molecule has 11 heteroatoms. The molecule has 7 aliphatic rings. The second-order valence-electron chi connectivity index (χ2n) is 14.2. The molecular weight excluding hydrogens is 569 g/mol. The highest BCUT2D eigenvalue weighted by molar-refractivity contribution is 7.92. The molecule has 3 aromatic rings. The smallest absolute Gasteiger partial charge is 0.233 e. The molecule has 43 heavy (non-hydrogen) atoms. The molecule has 7 fully saturated rings. The Balaban J connectivity index is 1.05. The van der Waals surface area contributed by atoms with E-state index in [1.165, 1.54) is 0 Å². The second-order valence-corrected chi connectivity index (χ2v) is 16.0. The Morgan fingerprint density at radius 3 is 2.37 bits per heavy atom. The van der Waals surface area contributed by atoms with Crippen LogP contribution in [-0.2, 0) is 20.2 Å². The number of nitrogens with one attached hydrogen (secondary N) is 1. The number of halogens is 1. The first-order valence-electron chi connectivity index (χ1n) is 15.4. The van der Waals surface area contributed by atoms with Gasteiger partial charge in [0.15, 0.2) is 5.82 Å². The summed E-state index contributed by atoms with van der Waals surface area (Å²) in [6, 6.07) is 11.3. The van der Waals surface area contributed by atoms with Gasteiger partial charge in [-0.3, -0.25) is 9.52 Å². The third-order valence-corrected chi connectivity index (χ3v) is 11.5. The highest BCUT2D eigenvalue weighted by Crippen LogP contribution is 2.70. The van der Waals surface area contributed by atoms with Crippen molar-refractivity contribution in [2.24, 2.45) is 10.8 Å². The molecule has 226 valence electrons. The Hall–Kier alpha value is -3.34. The van der Waals surface area contributed by atoms with E-state index in [0.717, 1.165) is 86.2 Å². The van der Waals surface area contributed by atoms with Crippen LogP contribution < -0.4 is 9.62 Å². The topological polar surface area (TPSA) is 118 Å². The van der Waals surface area contributed by atoms with Crippen LogP contribution in [0.1, 0.15) is 88.3 Å². The summed E-state index contributed by atoms with van der Waals surface area (Å²) in [5.41, 5.74) is 0.678. The number of fused-ring (bicyclic) bond motifs is 3. The summed E-state index contributed by atoms with van der Waals surface area (Å²) < 4.78 is 46.0. The number of pyridine rings is 1. The molecular formula is C32H36FN5O4S. The number of hydrogen-bond donors (Lipinski definition) is 1. The maximum Gasteiger partial charge on any atom is 0.233 e. The van der Waals surface area contributed by atoms with Crippen molar-refractivity contribution in [3.05, 3.63) is 54.3 Å². The van der Waals surface area contributed by atoms with Gasteiger partial charge in [0.2, 0.25) is 21.8 Å². The van der Waals surface area contributed by atoms with Crippen molar-refractivity contribution in [1.82, 2.24) is 15.1 Å². The molecule has 0 saturated heterocycles. The van der Waals surface area contributed by atoms with Crippen LogP contribution in [0.4, 0.5) is 15.9 Å². The Kier molecular flexibility index (Phi) is 5.76. The Morgan fingerprint density at radius 2 is 1.77 bits per heavy atom. The molecule has 4 bridgehead atoms. The zero-order chi connectivity index (χ0) is 29.7. The van der Waals surface area contributed by atoms with E-state index in [0.29, 0.717) is 31.7 Å². The number of anilines is 2. The van der Waals surface area contributed by atoms with Gasteiger partial charge in [0, 0.05) is 35.3 Å². The van der Waals surface area contributed by atoms with Gasteiger partial charge < -0.3 is 9.42 Å². The van der Waals surface area contributed by atoms with Gasteiger partial charge in [-0.2, -0.15) is 4.98 Å². The first-order chi connectivity index (χ1) is 20.5. The van der Waals surface area contributed by atoms with Crippen molar-refractivity contribution in [3.63, 3.8) is 0 Å². The molecule has 0 aliphatic heterocycles. The van der Waals surface area contributed by atoms with Crippen LogP contribution in [0.3, 0.4) is 0 Å². The monoisotopic (exact) mass is 605 g/mol. The van der Waals surface area contributed by atoms with E-state index >= 15 is 0 Å². The van der Waals surface area contributed by atoms with Crippen molar-refractivity contribution in [2.45, 2.75) is 87.6 Å². The Morgan fingerprint density at radius 1 is 1.05 bits per heavy atom. The summed E-state index contributed by atoms with van der Waals surface area (Å²) in [6.45, 7) is 0.610. The number of rotatable bonds is 9. The molecule has 7 saturated carbocycles. The number of carbonyl (C=O) groups is 1. The second kappa shape index (κ2) is 9.09. The standard InChI is InChI=1S/C32H36FN5O4S/c1-43(40,41)37-25-8-7-23(16-34-25)22-3-2-4-24(15-22)38(28(39)31-17-32(33,18-31)19-31)20-29-9-12-30(13-10-29,14-11-29)27-35-26(36-42-27)21-5-6-21/h2-4,7-8,15-16,21H,5-6,9-14,17-20H2,1H3,(H,34,37). The predicted octanol–water partition coefficient (Wildman–Crippen LogP) is 5.90. The number of carbonyl (C=O) groups excluding carboxylic acids is 1. The predicted molar refractivity (Wildman–Crippen MR) is 159 cm³/mol. The van der Waals surface area contributed by atoms with Gasteiger partial charge in [0.05, 0.1) is 11.7 Å². The SMILES string of the molecule is CS(=O)(=O)Nc1ccc(-c2cccc(N(CC34CCC(c5nc(C6CC6)no5)(CC3)CC4)C(=O)C34CC(F)(C3)C4)c2)cn1. The van der Waals surface area contributed by atoms with Gasteiger partial charge >= 0.3 is 0 Å². The number of benzene rings is 1. The summed E-state index contributed by atoms with van der Waals surface area (Å²) in [7, 11) is -3.43. The number of aromatic nitrogens is 3. The molecule has 2 aromatic heterocycles. The van der Waals surface area contributed by atoms with E-state index in [1.807, 2.05) is 35.2 Å². The fourth-order valence-corrected chi connectivity index (χ4v) is 8.74. The van der Waals surface area contributed by atoms with Crippen LogP contribution in [0, 0.1) is 10.8 Å². The lowest BCUT2D eigenvalue weighted by molar-refractivity contribution is -0.211.